The number of nitrogens with zero attached hydrogens (tertiary/aromatic N) is 6. The fraction of sp³-hybridized carbons (Fsp3) is 0.444. The molecule has 7 nitrogen and oxygen atoms in total. The summed E-state index contributed by atoms with van der Waals surface area (Å²) in [7, 11) is 0. The van der Waals surface area contributed by atoms with Crippen molar-refractivity contribution < 1.29 is 4.79 Å². The minimum absolute atomic E-state index is 0.255. The largest absolute Gasteiger partial charge is 0.348 e. The number of piperidine rings is 1. The normalized spacial score (nSPS) is 17.0. The van der Waals surface area contributed by atoms with Gasteiger partial charge in [0.2, 0.25) is 0 Å². The smallest absolute Gasteiger partial charge is 0.200 e. The molecule has 0 amide bonds. The van der Waals surface area contributed by atoms with Crippen LogP contribution in [0.25, 0.3) is 5.65 Å². The van der Waals surface area contributed by atoms with Crippen LogP contribution in [0.3, 0.4) is 0 Å². The van der Waals surface area contributed by atoms with E-state index in [9.17, 15) is 4.79 Å². The minimum atomic E-state index is 0.255. The molecule has 3 heterocycles. The summed E-state index contributed by atoms with van der Waals surface area (Å²) in [4.78, 5) is 13.3. The molecule has 0 atom stereocenters. The highest BCUT2D eigenvalue weighted by Crippen LogP contribution is 2.15. The van der Waals surface area contributed by atoms with Gasteiger partial charge in [0.1, 0.15) is 0 Å². The van der Waals surface area contributed by atoms with Gasteiger partial charge in [-0.3, -0.25) is 4.79 Å². The van der Waals surface area contributed by atoms with Crippen molar-refractivity contribution >= 4 is 17.2 Å². The van der Waals surface area contributed by atoms with Gasteiger partial charge in [-0.25, -0.2) is 0 Å². The fourth-order valence-electron chi connectivity index (χ4n) is 1.84. The van der Waals surface area contributed by atoms with Gasteiger partial charge in [-0.15, -0.1) is 14.8 Å². The van der Waals surface area contributed by atoms with Crippen LogP contribution in [0.4, 0.5) is 5.82 Å². The van der Waals surface area contributed by atoms with Crippen molar-refractivity contribution in [1.82, 2.24) is 25.3 Å². The number of fused-ring (bicyclic) bond motifs is 1. The second kappa shape index (κ2) is 3.51. The molecule has 0 unspecified atom stereocenters. The molecule has 0 aliphatic carbocycles. The number of hydrogen-bond donors (Lipinski definition) is 0. The van der Waals surface area contributed by atoms with Crippen LogP contribution in [0.1, 0.15) is 12.8 Å². The van der Waals surface area contributed by atoms with E-state index in [1.165, 1.54) is 4.63 Å². The number of aromatic nitrogens is 5. The third-order valence-electron chi connectivity index (χ3n) is 2.63. The molecule has 0 radical (unpaired) electrons. The van der Waals surface area contributed by atoms with E-state index in [0.29, 0.717) is 18.6 Å². The van der Waals surface area contributed by atoms with E-state index in [1.807, 2.05) is 11.0 Å². The minimum Gasteiger partial charge on any atom is -0.348 e. The number of hydrogen-bond acceptors (Lipinski definition) is 6. The zero-order valence-electron chi connectivity index (χ0n) is 8.57. The highest BCUT2D eigenvalue weighted by molar-refractivity contribution is 5.84. The molecule has 7 heteroatoms. The summed E-state index contributed by atoms with van der Waals surface area (Å²) in [5.41, 5.74) is 0.604. The molecule has 0 N–H and O–H groups in total. The highest BCUT2D eigenvalue weighted by atomic mass is 16.1. The average molecular weight is 218 g/mol. The van der Waals surface area contributed by atoms with E-state index in [2.05, 4.69) is 20.6 Å². The van der Waals surface area contributed by atoms with Gasteiger partial charge < -0.3 is 4.90 Å². The summed E-state index contributed by atoms with van der Waals surface area (Å²) < 4.78 is 1.37. The molecule has 0 aromatic carbocycles. The summed E-state index contributed by atoms with van der Waals surface area (Å²) in [6.45, 7) is 1.28. The predicted molar refractivity (Wildman–Crippen MR) is 55.0 cm³/mol. The monoisotopic (exact) mass is 218 g/mol. The van der Waals surface area contributed by atoms with Crippen molar-refractivity contribution in [2.45, 2.75) is 12.8 Å². The zero-order chi connectivity index (χ0) is 11.0. The van der Waals surface area contributed by atoms with Crippen LogP contribution >= 0.6 is 0 Å². The van der Waals surface area contributed by atoms with Gasteiger partial charge >= 0.3 is 0 Å². The van der Waals surface area contributed by atoms with Crippen LogP contribution in [-0.2, 0) is 4.79 Å². The summed E-state index contributed by atoms with van der Waals surface area (Å²) in [5.74, 6) is 0.998. The third-order valence-corrected chi connectivity index (χ3v) is 2.63. The van der Waals surface area contributed by atoms with Gasteiger partial charge in [-0.1, -0.05) is 0 Å². The van der Waals surface area contributed by atoms with Crippen molar-refractivity contribution in [2.75, 3.05) is 18.0 Å². The Hall–Kier alpha value is -2.05. The van der Waals surface area contributed by atoms with E-state index < -0.39 is 0 Å². The van der Waals surface area contributed by atoms with E-state index in [1.54, 1.807) is 6.07 Å². The standard InChI is InChI=1S/C9H10N6O/c16-7-2-1-5-14(6-7)9-4-3-8-10-12-13-15(8)11-9/h3-4H,1-2,5-6H2. The Labute approximate surface area is 91.0 Å². The lowest BCUT2D eigenvalue weighted by molar-refractivity contribution is -0.118. The molecule has 3 rings (SSSR count). The van der Waals surface area contributed by atoms with Crippen LogP contribution in [0.2, 0.25) is 0 Å². The Kier molecular flexibility index (Phi) is 2.02. The van der Waals surface area contributed by atoms with E-state index in [0.717, 1.165) is 18.8 Å². The first kappa shape index (κ1) is 9.20. The first-order chi connectivity index (χ1) is 7.83. The summed E-state index contributed by atoms with van der Waals surface area (Å²) in [6.07, 6.45) is 1.55. The number of carbonyl (C=O) groups is 1. The zero-order valence-corrected chi connectivity index (χ0v) is 8.57. The second-order valence-electron chi connectivity index (χ2n) is 3.78. The van der Waals surface area contributed by atoms with Crippen LogP contribution < -0.4 is 4.90 Å². The molecule has 1 aliphatic rings. The number of ketones is 1. The molecule has 2 aromatic rings. The lowest BCUT2D eigenvalue weighted by Gasteiger charge is -2.26. The van der Waals surface area contributed by atoms with Crippen LogP contribution in [0.15, 0.2) is 12.1 Å². The van der Waals surface area contributed by atoms with Gasteiger partial charge in [-0.05, 0) is 29.0 Å². The van der Waals surface area contributed by atoms with E-state index in [-0.39, 0.29) is 5.78 Å². The Bertz CT molecular complexity index is 536. The van der Waals surface area contributed by atoms with Gasteiger partial charge in [0, 0.05) is 13.0 Å². The van der Waals surface area contributed by atoms with Crippen LogP contribution in [-0.4, -0.2) is 44.1 Å². The molecule has 1 fully saturated rings. The fourth-order valence-corrected chi connectivity index (χ4v) is 1.84. The Morgan fingerprint density at radius 3 is 3.12 bits per heavy atom. The predicted octanol–water partition coefficient (Wildman–Crippen LogP) is -0.311. The Morgan fingerprint density at radius 1 is 1.31 bits per heavy atom. The maximum atomic E-state index is 11.3. The van der Waals surface area contributed by atoms with Crippen LogP contribution in [0.5, 0.6) is 0 Å². The maximum absolute atomic E-state index is 11.3. The number of Topliss-reactive ketones (excluding diaryl/α,β-unsaturated/α-hetero) is 1. The van der Waals surface area contributed by atoms with Crippen molar-refractivity contribution in [1.29, 1.82) is 0 Å². The molecule has 0 saturated carbocycles. The van der Waals surface area contributed by atoms with Crippen molar-refractivity contribution in [2.24, 2.45) is 0 Å². The number of carbonyl (C=O) groups excluding carboxylic acids is 1. The molecule has 1 aliphatic heterocycles. The first-order valence-corrected chi connectivity index (χ1v) is 5.15. The lowest BCUT2D eigenvalue weighted by Crippen LogP contribution is -2.36. The molecular formula is C9H10N6O. The summed E-state index contributed by atoms with van der Waals surface area (Å²) in [5, 5.41) is 15.3. The molecule has 0 bridgehead atoms. The Morgan fingerprint density at radius 2 is 2.25 bits per heavy atom. The highest BCUT2D eigenvalue weighted by Gasteiger charge is 2.18. The van der Waals surface area contributed by atoms with Crippen molar-refractivity contribution in [3.63, 3.8) is 0 Å². The second-order valence-corrected chi connectivity index (χ2v) is 3.78. The first-order valence-electron chi connectivity index (χ1n) is 5.15. The molecule has 1 saturated heterocycles. The Balaban J connectivity index is 1.95. The number of tetrazole rings is 1. The molecule has 0 spiro atoms. The van der Waals surface area contributed by atoms with E-state index >= 15 is 0 Å². The van der Waals surface area contributed by atoms with Crippen molar-refractivity contribution in [3.05, 3.63) is 12.1 Å². The van der Waals surface area contributed by atoms with Gasteiger partial charge in [0.15, 0.2) is 17.2 Å². The van der Waals surface area contributed by atoms with E-state index in [4.69, 9.17) is 0 Å². The molecule has 82 valence electrons. The average Bonchev–Trinajstić information content (AvgIpc) is 2.75. The van der Waals surface area contributed by atoms with Gasteiger partial charge in [0.25, 0.3) is 0 Å². The van der Waals surface area contributed by atoms with Crippen LogP contribution in [0, 0.1) is 0 Å². The summed E-state index contributed by atoms with van der Waals surface area (Å²) >= 11 is 0. The summed E-state index contributed by atoms with van der Waals surface area (Å²) in [6, 6.07) is 3.63. The molecule has 2 aromatic heterocycles. The maximum Gasteiger partial charge on any atom is 0.200 e. The third kappa shape index (κ3) is 1.50. The molecular weight excluding hydrogens is 208 g/mol. The SMILES string of the molecule is O=C1CCCN(c2ccc3nnnn3n2)C1. The van der Waals surface area contributed by atoms with Gasteiger partial charge in [0.05, 0.1) is 6.54 Å². The molecule has 16 heavy (non-hydrogen) atoms. The lowest BCUT2D eigenvalue weighted by atomic mass is 10.1. The van der Waals surface area contributed by atoms with Crippen molar-refractivity contribution in [3.8, 4) is 0 Å². The number of anilines is 1. The topological polar surface area (TPSA) is 76.3 Å². The number of rotatable bonds is 1. The van der Waals surface area contributed by atoms with Gasteiger partial charge in [-0.2, -0.15) is 0 Å². The quantitative estimate of drug-likeness (QED) is 0.653.